The van der Waals surface area contributed by atoms with E-state index in [1.54, 1.807) is 17.9 Å². The van der Waals surface area contributed by atoms with Crippen LogP contribution in [-0.4, -0.2) is 45.5 Å². The highest BCUT2D eigenvalue weighted by atomic mass is 16.5. The van der Waals surface area contributed by atoms with Gasteiger partial charge in [-0.1, -0.05) is 5.21 Å². The van der Waals surface area contributed by atoms with Crippen molar-refractivity contribution in [1.82, 2.24) is 15.0 Å². The van der Waals surface area contributed by atoms with Crippen molar-refractivity contribution in [1.29, 1.82) is 0 Å². The van der Waals surface area contributed by atoms with Gasteiger partial charge in [0.05, 0.1) is 12.8 Å². The number of hydrogen-bond donors (Lipinski definition) is 2. The predicted molar refractivity (Wildman–Crippen MR) is 49.9 cm³/mol. The number of anilines is 1. The van der Waals surface area contributed by atoms with Crippen LogP contribution in [0.5, 0.6) is 0 Å². The van der Waals surface area contributed by atoms with Crippen molar-refractivity contribution in [3.8, 4) is 0 Å². The van der Waals surface area contributed by atoms with E-state index in [1.165, 1.54) is 0 Å². The summed E-state index contributed by atoms with van der Waals surface area (Å²) in [5.41, 5.74) is -0.746. The second-order valence-corrected chi connectivity index (χ2v) is 3.62. The fourth-order valence-electron chi connectivity index (χ4n) is 1.44. The molecule has 6 nitrogen and oxygen atoms in total. The zero-order chi connectivity index (χ0) is 10.0. The van der Waals surface area contributed by atoms with E-state index in [9.17, 15) is 5.11 Å². The summed E-state index contributed by atoms with van der Waals surface area (Å²) in [6, 6.07) is 0. The summed E-state index contributed by atoms with van der Waals surface area (Å²) in [4.78, 5) is 0. The van der Waals surface area contributed by atoms with Crippen molar-refractivity contribution in [3.63, 3.8) is 0 Å². The molecule has 1 fully saturated rings. The minimum Gasteiger partial charge on any atom is -0.386 e. The Morgan fingerprint density at radius 3 is 3.21 bits per heavy atom. The Kier molecular flexibility index (Phi) is 2.39. The zero-order valence-corrected chi connectivity index (χ0v) is 8.10. The highest BCUT2D eigenvalue weighted by Crippen LogP contribution is 2.18. The first-order chi connectivity index (χ1) is 6.70. The Labute approximate surface area is 81.9 Å². The molecule has 14 heavy (non-hydrogen) atoms. The van der Waals surface area contributed by atoms with Crippen molar-refractivity contribution in [3.05, 3.63) is 6.20 Å². The first kappa shape index (κ1) is 9.42. The van der Waals surface area contributed by atoms with Gasteiger partial charge in [-0.15, -0.1) is 5.10 Å². The van der Waals surface area contributed by atoms with Crippen LogP contribution in [-0.2, 0) is 11.8 Å². The lowest BCUT2D eigenvalue weighted by Gasteiger charge is -2.20. The van der Waals surface area contributed by atoms with Crippen molar-refractivity contribution < 1.29 is 9.84 Å². The molecule has 1 aliphatic rings. The molecule has 0 bridgehead atoms. The molecule has 2 heterocycles. The Balaban J connectivity index is 1.91. The van der Waals surface area contributed by atoms with Crippen LogP contribution in [0.15, 0.2) is 6.20 Å². The molecule has 1 aromatic heterocycles. The van der Waals surface area contributed by atoms with Gasteiger partial charge in [-0.25, -0.2) is 4.68 Å². The van der Waals surface area contributed by atoms with Gasteiger partial charge >= 0.3 is 0 Å². The maximum absolute atomic E-state index is 9.94. The smallest absolute Gasteiger partial charge is 0.144 e. The molecule has 78 valence electrons. The van der Waals surface area contributed by atoms with Crippen molar-refractivity contribution in [2.75, 3.05) is 25.1 Å². The molecule has 0 amide bonds. The quantitative estimate of drug-likeness (QED) is 0.677. The zero-order valence-electron chi connectivity index (χ0n) is 8.10. The van der Waals surface area contributed by atoms with Crippen molar-refractivity contribution in [2.45, 2.75) is 12.0 Å². The van der Waals surface area contributed by atoms with Gasteiger partial charge in [0.2, 0.25) is 0 Å². The second-order valence-electron chi connectivity index (χ2n) is 3.62. The summed E-state index contributed by atoms with van der Waals surface area (Å²) in [5, 5.41) is 20.5. The fourth-order valence-corrected chi connectivity index (χ4v) is 1.44. The molecule has 1 saturated heterocycles. The second kappa shape index (κ2) is 3.55. The molecule has 1 unspecified atom stereocenters. The molecule has 0 aliphatic carbocycles. The number of ether oxygens (including phenoxy) is 1. The van der Waals surface area contributed by atoms with Crippen LogP contribution in [0.3, 0.4) is 0 Å². The van der Waals surface area contributed by atoms with Crippen LogP contribution in [0.1, 0.15) is 6.42 Å². The van der Waals surface area contributed by atoms with E-state index in [0.717, 1.165) is 5.82 Å². The summed E-state index contributed by atoms with van der Waals surface area (Å²) in [5.74, 6) is 0.797. The Morgan fingerprint density at radius 2 is 2.64 bits per heavy atom. The lowest BCUT2D eigenvalue weighted by molar-refractivity contribution is 0.0381. The minimum absolute atomic E-state index is 0.394. The van der Waals surface area contributed by atoms with Crippen molar-refractivity contribution >= 4 is 5.82 Å². The van der Waals surface area contributed by atoms with Crippen LogP contribution in [0.4, 0.5) is 5.82 Å². The van der Waals surface area contributed by atoms with Crippen LogP contribution in [0, 0.1) is 0 Å². The average Bonchev–Trinajstić information content (AvgIpc) is 2.73. The molecule has 1 aromatic rings. The van der Waals surface area contributed by atoms with Gasteiger partial charge in [0.15, 0.2) is 0 Å². The molecule has 1 aliphatic heterocycles. The SMILES string of the molecule is Cn1nncc1NCC1(O)CCOC1. The summed E-state index contributed by atoms with van der Waals surface area (Å²) < 4.78 is 6.76. The third-order valence-corrected chi connectivity index (χ3v) is 2.40. The number of nitrogens with zero attached hydrogens (tertiary/aromatic N) is 3. The topological polar surface area (TPSA) is 72.2 Å². The predicted octanol–water partition coefficient (Wildman–Crippen LogP) is -0.622. The van der Waals surface area contributed by atoms with E-state index in [2.05, 4.69) is 15.6 Å². The molecule has 0 saturated carbocycles. The van der Waals surface area contributed by atoms with Gasteiger partial charge < -0.3 is 15.2 Å². The van der Waals surface area contributed by atoms with Gasteiger partial charge in [-0.3, -0.25) is 0 Å². The van der Waals surface area contributed by atoms with Gasteiger partial charge in [-0.05, 0) is 0 Å². The first-order valence-corrected chi connectivity index (χ1v) is 4.58. The maximum atomic E-state index is 9.94. The highest BCUT2D eigenvalue weighted by molar-refractivity contribution is 5.31. The van der Waals surface area contributed by atoms with Gasteiger partial charge in [0, 0.05) is 26.6 Å². The summed E-state index contributed by atoms with van der Waals surface area (Å²) in [7, 11) is 1.80. The molecule has 6 heteroatoms. The fraction of sp³-hybridized carbons (Fsp3) is 0.750. The Morgan fingerprint density at radius 1 is 1.79 bits per heavy atom. The van der Waals surface area contributed by atoms with Crippen LogP contribution in [0.2, 0.25) is 0 Å². The summed E-state index contributed by atoms with van der Waals surface area (Å²) >= 11 is 0. The van der Waals surface area contributed by atoms with E-state index < -0.39 is 5.60 Å². The van der Waals surface area contributed by atoms with E-state index in [1.807, 2.05) is 0 Å². The Bertz CT molecular complexity index is 306. The largest absolute Gasteiger partial charge is 0.386 e. The van der Waals surface area contributed by atoms with E-state index >= 15 is 0 Å². The van der Waals surface area contributed by atoms with Crippen LogP contribution in [0.25, 0.3) is 0 Å². The van der Waals surface area contributed by atoms with E-state index in [4.69, 9.17) is 4.74 Å². The molecule has 2 rings (SSSR count). The molecule has 1 atom stereocenters. The van der Waals surface area contributed by atoms with Crippen LogP contribution >= 0.6 is 0 Å². The number of aliphatic hydroxyl groups is 1. The molecule has 0 aromatic carbocycles. The number of hydrogen-bond acceptors (Lipinski definition) is 5. The molecule has 2 N–H and O–H groups in total. The van der Waals surface area contributed by atoms with E-state index in [-0.39, 0.29) is 0 Å². The van der Waals surface area contributed by atoms with Crippen LogP contribution < -0.4 is 5.32 Å². The third-order valence-electron chi connectivity index (χ3n) is 2.40. The lowest BCUT2D eigenvalue weighted by atomic mass is 10.0. The van der Waals surface area contributed by atoms with Crippen molar-refractivity contribution in [2.24, 2.45) is 7.05 Å². The standard InChI is InChI=1S/C8H14N4O2/c1-12-7(4-10-11-12)9-5-8(13)2-3-14-6-8/h4,9,13H,2-3,5-6H2,1H3. The normalized spacial score (nSPS) is 26.7. The maximum Gasteiger partial charge on any atom is 0.144 e. The summed E-state index contributed by atoms with van der Waals surface area (Å²) in [6.07, 6.45) is 2.30. The van der Waals surface area contributed by atoms with Gasteiger partial charge in [0.1, 0.15) is 11.4 Å². The number of aryl methyl sites for hydroxylation is 1. The average molecular weight is 198 g/mol. The monoisotopic (exact) mass is 198 g/mol. The summed E-state index contributed by atoms with van der Waals surface area (Å²) in [6.45, 7) is 1.49. The Hall–Kier alpha value is -1.14. The third kappa shape index (κ3) is 1.85. The molecular weight excluding hydrogens is 184 g/mol. The lowest BCUT2D eigenvalue weighted by Crippen LogP contribution is -2.37. The number of nitrogens with one attached hydrogen (secondary N) is 1. The number of aromatic nitrogens is 3. The molecule has 0 spiro atoms. The van der Waals surface area contributed by atoms with E-state index in [0.29, 0.717) is 26.2 Å². The minimum atomic E-state index is -0.746. The highest BCUT2D eigenvalue weighted by Gasteiger charge is 2.32. The van der Waals surface area contributed by atoms with Gasteiger partial charge in [0.25, 0.3) is 0 Å². The molecular formula is C8H14N4O2. The number of rotatable bonds is 3. The first-order valence-electron chi connectivity index (χ1n) is 4.58. The van der Waals surface area contributed by atoms with Gasteiger partial charge in [-0.2, -0.15) is 0 Å². The molecule has 0 radical (unpaired) electrons.